The summed E-state index contributed by atoms with van der Waals surface area (Å²) < 4.78 is 11.3. The first-order chi connectivity index (χ1) is 15.0. The number of nitrogen functional groups attached to an aromatic ring is 1. The van der Waals surface area contributed by atoms with Crippen molar-refractivity contribution in [1.29, 1.82) is 0 Å². The van der Waals surface area contributed by atoms with Crippen molar-refractivity contribution in [3.63, 3.8) is 0 Å². The highest BCUT2D eigenvalue weighted by molar-refractivity contribution is 5.78. The maximum absolute atomic E-state index is 12.9. The number of rotatable bonds is 6. The van der Waals surface area contributed by atoms with Gasteiger partial charge in [-0.3, -0.25) is 4.79 Å². The molecule has 2 aromatic rings. The Labute approximate surface area is 189 Å². The maximum atomic E-state index is 12.9. The molecule has 2 aromatic carbocycles. The number of benzene rings is 2. The molecular weight excluding hydrogens is 406 g/mol. The minimum Gasteiger partial charge on any atom is -0.455 e. The van der Waals surface area contributed by atoms with Crippen molar-refractivity contribution in [2.24, 2.45) is 5.92 Å². The number of aryl methyl sites for hydroxylation is 1. The van der Waals surface area contributed by atoms with Gasteiger partial charge in [0.15, 0.2) is 0 Å². The van der Waals surface area contributed by atoms with Crippen molar-refractivity contribution in [2.75, 3.05) is 24.1 Å². The number of esters is 1. The smallest absolute Gasteiger partial charge is 0.410 e. The van der Waals surface area contributed by atoms with Gasteiger partial charge in [-0.05, 0) is 52.3 Å². The average Bonchev–Trinajstić information content (AvgIpc) is 2.66. The fourth-order valence-corrected chi connectivity index (χ4v) is 3.49. The fourth-order valence-electron chi connectivity index (χ4n) is 3.49. The quantitative estimate of drug-likeness (QED) is 0.507. The molecule has 7 heteroatoms. The Balaban J connectivity index is 1.68. The maximum Gasteiger partial charge on any atom is 0.410 e. The Kier molecular flexibility index (Phi) is 6.96. The summed E-state index contributed by atoms with van der Waals surface area (Å²) in [5.74, 6) is -0.700. The number of ether oxygens (including phenoxy) is 2. The summed E-state index contributed by atoms with van der Waals surface area (Å²) in [5.41, 5.74) is 8.93. The van der Waals surface area contributed by atoms with Crippen molar-refractivity contribution in [3.05, 3.63) is 59.7 Å². The summed E-state index contributed by atoms with van der Waals surface area (Å²) in [7, 11) is 0. The molecule has 0 saturated carbocycles. The van der Waals surface area contributed by atoms with E-state index in [0.717, 1.165) is 16.8 Å². The number of nitrogens with one attached hydrogen (secondary N) is 1. The second kappa shape index (κ2) is 9.51. The van der Waals surface area contributed by atoms with Crippen LogP contribution in [-0.2, 0) is 14.3 Å². The van der Waals surface area contributed by atoms with Crippen molar-refractivity contribution in [3.8, 4) is 0 Å². The molecule has 0 bridgehead atoms. The van der Waals surface area contributed by atoms with Gasteiger partial charge in [0.25, 0.3) is 0 Å². The lowest BCUT2D eigenvalue weighted by atomic mass is 9.99. The monoisotopic (exact) mass is 439 g/mol. The van der Waals surface area contributed by atoms with Crippen molar-refractivity contribution < 1.29 is 19.1 Å². The molecule has 0 aromatic heterocycles. The van der Waals surface area contributed by atoms with E-state index in [1.807, 2.05) is 83.1 Å². The minimum absolute atomic E-state index is 0.228. The Morgan fingerprint density at radius 1 is 1.09 bits per heavy atom. The van der Waals surface area contributed by atoms with E-state index < -0.39 is 17.8 Å². The van der Waals surface area contributed by atoms with Gasteiger partial charge in [0.05, 0.1) is 23.3 Å². The fraction of sp³-hybridized carbons (Fsp3) is 0.440. The predicted molar refractivity (Wildman–Crippen MR) is 125 cm³/mol. The van der Waals surface area contributed by atoms with Gasteiger partial charge >= 0.3 is 12.1 Å². The topological polar surface area (TPSA) is 93.9 Å². The molecular formula is C25H33N3O4. The zero-order valence-electron chi connectivity index (χ0n) is 19.4. The Bertz CT molecular complexity index is 946. The van der Waals surface area contributed by atoms with Crippen molar-refractivity contribution in [1.82, 2.24) is 4.90 Å². The molecule has 2 atom stereocenters. The number of carbonyl (C=O) groups is 2. The first-order valence-corrected chi connectivity index (χ1v) is 10.9. The van der Waals surface area contributed by atoms with E-state index in [0.29, 0.717) is 18.8 Å². The third kappa shape index (κ3) is 5.93. The van der Waals surface area contributed by atoms with Gasteiger partial charge in [0.1, 0.15) is 11.7 Å². The lowest BCUT2D eigenvalue weighted by molar-refractivity contribution is -0.160. The number of nitrogens with zero attached hydrogens (tertiary/aromatic N) is 1. The second-order valence-electron chi connectivity index (χ2n) is 9.37. The van der Waals surface area contributed by atoms with Gasteiger partial charge < -0.3 is 25.4 Å². The zero-order chi connectivity index (χ0) is 23.5. The van der Waals surface area contributed by atoms with E-state index in [9.17, 15) is 9.59 Å². The van der Waals surface area contributed by atoms with Crippen LogP contribution in [0.1, 0.15) is 44.9 Å². The summed E-state index contributed by atoms with van der Waals surface area (Å²) in [4.78, 5) is 26.6. The molecule has 0 aliphatic carbocycles. The molecule has 1 heterocycles. The second-order valence-corrected chi connectivity index (χ2v) is 9.37. The lowest BCUT2D eigenvalue weighted by Crippen LogP contribution is -2.55. The van der Waals surface area contributed by atoms with Gasteiger partial charge in [-0.15, -0.1) is 0 Å². The molecule has 1 saturated heterocycles. The molecule has 32 heavy (non-hydrogen) atoms. The van der Waals surface area contributed by atoms with Crippen LogP contribution in [-0.4, -0.2) is 41.7 Å². The molecule has 172 valence electrons. The third-order valence-electron chi connectivity index (χ3n) is 5.31. The lowest BCUT2D eigenvalue weighted by Gasteiger charge is -2.39. The highest BCUT2D eigenvalue weighted by atomic mass is 16.6. The summed E-state index contributed by atoms with van der Waals surface area (Å²) in [6.45, 7) is 10.0. The highest BCUT2D eigenvalue weighted by Crippen LogP contribution is 2.29. The van der Waals surface area contributed by atoms with Crippen LogP contribution in [0.5, 0.6) is 0 Å². The van der Waals surface area contributed by atoms with Crippen LogP contribution < -0.4 is 11.1 Å². The largest absolute Gasteiger partial charge is 0.455 e. The Morgan fingerprint density at radius 3 is 2.31 bits per heavy atom. The Hall–Kier alpha value is -3.22. The van der Waals surface area contributed by atoms with E-state index in [4.69, 9.17) is 15.2 Å². The SMILES string of the molecule is Cc1ccc(C(OC(=O)C2CN(C(=O)OC(C)(C)C)C2)[C@H](C)Nc2ccccc2N)cc1. The molecule has 3 rings (SSSR count). The van der Waals surface area contributed by atoms with Crippen LogP contribution in [0.15, 0.2) is 48.5 Å². The van der Waals surface area contributed by atoms with Gasteiger partial charge in [-0.25, -0.2) is 4.79 Å². The molecule has 0 spiro atoms. The van der Waals surface area contributed by atoms with Crippen LogP contribution in [0, 0.1) is 12.8 Å². The first kappa shape index (κ1) is 23.4. The van der Waals surface area contributed by atoms with E-state index in [2.05, 4.69) is 5.32 Å². The standard InChI is InChI=1S/C25H33N3O4/c1-16-10-12-18(13-11-16)22(17(2)27-21-9-7-6-8-20(21)26)31-23(29)19-14-28(15-19)24(30)32-25(3,4)5/h6-13,17,19,22,27H,14-15,26H2,1-5H3/t17-,22?/m0/s1. The van der Waals surface area contributed by atoms with E-state index >= 15 is 0 Å². The average molecular weight is 440 g/mol. The molecule has 1 unspecified atom stereocenters. The summed E-state index contributed by atoms with van der Waals surface area (Å²) >= 11 is 0. The van der Waals surface area contributed by atoms with Crippen LogP contribution in [0.2, 0.25) is 0 Å². The van der Waals surface area contributed by atoms with E-state index in [1.165, 1.54) is 4.90 Å². The number of carbonyl (C=O) groups excluding carboxylic acids is 2. The number of nitrogens with two attached hydrogens (primary N) is 1. The predicted octanol–water partition coefficient (Wildman–Crippen LogP) is 4.53. The van der Waals surface area contributed by atoms with Gasteiger partial charge in [0.2, 0.25) is 0 Å². The molecule has 3 N–H and O–H groups in total. The van der Waals surface area contributed by atoms with Crippen LogP contribution in [0.4, 0.5) is 16.2 Å². The number of para-hydroxylation sites is 2. The molecule has 1 fully saturated rings. The molecule has 1 aliphatic rings. The number of amides is 1. The molecule has 1 amide bonds. The highest BCUT2D eigenvalue weighted by Gasteiger charge is 2.40. The molecule has 0 radical (unpaired) electrons. The summed E-state index contributed by atoms with van der Waals surface area (Å²) in [6, 6.07) is 15.2. The van der Waals surface area contributed by atoms with Crippen LogP contribution in [0.25, 0.3) is 0 Å². The first-order valence-electron chi connectivity index (χ1n) is 10.9. The van der Waals surface area contributed by atoms with Crippen molar-refractivity contribution in [2.45, 2.75) is 52.4 Å². The van der Waals surface area contributed by atoms with Gasteiger partial charge in [-0.2, -0.15) is 0 Å². The molecule has 7 nitrogen and oxygen atoms in total. The van der Waals surface area contributed by atoms with Crippen LogP contribution in [0.3, 0.4) is 0 Å². The van der Waals surface area contributed by atoms with E-state index in [-0.39, 0.29) is 17.9 Å². The zero-order valence-corrected chi connectivity index (χ0v) is 19.4. The number of hydrogen-bond acceptors (Lipinski definition) is 6. The summed E-state index contributed by atoms with van der Waals surface area (Å²) in [5, 5.41) is 3.37. The number of hydrogen-bond donors (Lipinski definition) is 2. The van der Waals surface area contributed by atoms with Crippen LogP contribution >= 0.6 is 0 Å². The van der Waals surface area contributed by atoms with Gasteiger partial charge in [-0.1, -0.05) is 42.0 Å². The Morgan fingerprint density at radius 2 is 1.72 bits per heavy atom. The molecule has 1 aliphatic heterocycles. The van der Waals surface area contributed by atoms with Gasteiger partial charge in [0, 0.05) is 13.1 Å². The summed E-state index contributed by atoms with van der Waals surface area (Å²) in [6.07, 6.45) is -0.926. The van der Waals surface area contributed by atoms with E-state index in [1.54, 1.807) is 0 Å². The minimum atomic E-state index is -0.570. The number of anilines is 2. The number of likely N-dealkylation sites (tertiary alicyclic amines) is 1. The van der Waals surface area contributed by atoms with Crippen molar-refractivity contribution >= 4 is 23.4 Å². The normalized spacial score (nSPS) is 16.0. The third-order valence-corrected chi connectivity index (χ3v) is 5.31.